The minimum atomic E-state index is -0.583. The van der Waals surface area contributed by atoms with Crippen molar-refractivity contribution < 1.29 is 5.11 Å². The first-order valence-corrected chi connectivity index (χ1v) is 9.39. The molecule has 0 aliphatic carbocycles. The Balaban J connectivity index is 1.45. The van der Waals surface area contributed by atoms with Gasteiger partial charge in [0, 0.05) is 29.2 Å². The highest BCUT2D eigenvalue weighted by Crippen LogP contribution is 2.21. The molecule has 0 aliphatic heterocycles. The summed E-state index contributed by atoms with van der Waals surface area (Å²) in [6, 6.07) is 12.0. The van der Waals surface area contributed by atoms with Crippen LogP contribution in [-0.4, -0.2) is 28.2 Å². The van der Waals surface area contributed by atoms with E-state index in [1.807, 2.05) is 6.92 Å². The van der Waals surface area contributed by atoms with Gasteiger partial charge in [-0.1, -0.05) is 41.9 Å². The van der Waals surface area contributed by atoms with Crippen molar-refractivity contribution in [1.29, 1.82) is 0 Å². The molecule has 6 heteroatoms. The lowest BCUT2D eigenvalue weighted by Crippen LogP contribution is -2.23. The second kappa shape index (κ2) is 8.54. The summed E-state index contributed by atoms with van der Waals surface area (Å²) in [7, 11) is 0. The number of hydrogen-bond donors (Lipinski definition) is 2. The van der Waals surface area contributed by atoms with Crippen LogP contribution in [0.3, 0.4) is 0 Å². The highest BCUT2D eigenvalue weighted by Gasteiger charge is 2.07. The van der Waals surface area contributed by atoms with E-state index in [0.717, 1.165) is 34.8 Å². The molecule has 0 saturated heterocycles. The molecular weight excluding hydrogens is 354 g/mol. The van der Waals surface area contributed by atoms with Crippen LogP contribution in [0.25, 0.3) is 11.3 Å². The van der Waals surface area contributed by atoms with Crippen molar-refractivity contribution in [3.05, 3.63) is 69.3 Å². The molecule has 0 fully saturated rings. The maximum Gasteiger partial charge on any atom is 0.129 e. The molecule has 4 nitrogen and oxygen atoms in total. The lowest BCUT2D eigenvalue weighted by Gasteiger charge is -2.12. The van der Waals surface area contributed by atoms with Gasteiger partial charge in [-0.25, -0.2) is 9.97 Å². The SMILES string of the molecule is Cc1nc(-c2ccc(CCNC[C@H](O)c3ccc(Cl)nc3)cc2)cs1. The smallest absolute Gasteiger partial charge is 0.129 e. The van der Waals surface area contributed by atoms with Crippen molar-refractivity contribution in [2.45, 2.75) is 19.4 Å². The predicted octanol–water partition coefficient (Wildman–Crippen LogP) is 4.03. The number of aliphatic hydroxyl groups is 1. The molecule has 130 valence electrons. The van der Waals surface area contributed by atoms with Crippen molar-refractivity contribution >= 4 is 22.9 Å². The van der Waals surface area contributed by atoms with Gasteiger partial charge in [-0.3, -0.25) is 0 Å². The molecule has 3 rings (SSSR count). The average molecular weight is 374 g/mol. The van der Waals surface area contributed by atoms with Crippen LogP contribution in [0.2, 0.25) is 5.15 Å². The van der Waals surface area contributed by atoms with Gasteiger partial charge in [-0.15, -0.1) is 11.3 Å². The second-order valence-electron chi connectivity index (χ2n) is 5.83. The van der Waals surface area contributed by atoms with Crippen LogP contribution in [0.15, 0.2) is 48.0 Å². The summed E-state index contributed by atoms with van der Waals surface area (Å²) in [4.78, 5) is 8.49. The number of rotatable bonds is 7. The van der Waals surface area contributed by atoms with E-state index in [1.165, 1.54) is 5.56 Å². The number of aryl methyl sites for hydroxylation is 1. The highest BCUT2D eigenvalue weighted by molar-refractivity contribution is 7.09. The Bertz CT molecular complexity index is 802. The molecule has 0 bridgehead atoms. The van der Waals surface area contributed by atoms with E-state index in [2.05, 4.69) is 44.9 Å². The number of pyridine rings is 1. The maximum absolute atomic E-state index is 10.1. The summed E-state index contributed by atoms with van der Waals surface area (Å²) in [5, 5.41) is 17.0. The lowest BCUT2D eigenvalue weighted by atomic mass is 10.1. The van der Waals surface area contributed by atoms with Crippen molar-refractivity contribution in [2.24, 2.45) is 0 Å². The maximum atomic E-state index is 10.1. The topological polar surface area (TPSA) is 58.0 Å². The van der Waals surface area contributed by atoms with E-state index >= 15 is 0 Å². The number of hydrogen-bond acceptors (Lipinski definition) is 5. The molecule has 2 aromatic heterocycles. The molecule has 0 saturated carbocycles. The third-order valence-electron chi connectivity index (χ3n) is 3.93. The Kier molecular flexibility index (Phi) is 6.15. The normalized spacial score (nSPS) is 12.3. The van der Waals surface area contributed by atoms with Crippen LogP contribution in [-0.2, 0) is 6.42 Å². The van der Waals surface area contributed by atoms with Gasteiger partial charge in [0.1, 0.15) is 5.15 Å². The molecule has 0 aliphatic rings. The van der Waals surface area contributed by atoms with E-state index in [9.17, 15) is 5.11 Å². The summed E-state index contributed by atoms with van der Waals surface area (Å²) in [5.41, 5.74) is 4.20. The van der Waals surface area contributed by atoms with Crippen LogP contribution in [0.1, 0.15) is 22.2 Å². The summed E-state index contributed by atoms with van der Waals surface area (Å²) in [6.07, 6.45) is 1.93. The van der Waals surface area contributed by atoms with Crippen molar-refractivity contribution in [3.63, 3.8) is 0 Å². The average Bonchev–Trinajstić information content (AvgIpc) is 3.06. The van der Waals surface area contributed by atoms with Crippen molar-refractivity contribution in [1.82, 2.24) is 15.3 Å². The second-order valence-corrected chi connectivity index (χ2v) is 7.28. The van der Waals surface area contributed by atoms with Gasteiger partial charge >= 0.3 is 0 Å². The van der Waals surface area contributed by atoms with Crippen LogP contribution in [0.5, 0.6) is 0 Å². The zero-order valence-electron chi connectivity index (χ0n) is 13.9. The Morgan fingerprint density at radius 2 is 2.00 bits per heavy atom. The fourth-order valence-corrected chi connectivity index (χ4v) is 3.25. The van der Waals surface area contributed by atoms with Crippen LogP contribution >= 0.6 is 22.9 Å². The Hall–Kier alpha value is -1.79. The molecule has 0 amide bonds. The minimum Gasteiger partial charge on any atom is -0.387 e. The standard InChI is InChI=1S/C19H20ClN3OS/c1-13-23-17(12-25-13)15-4-2-14(3-5-15)8-9-21-11-18(24)16-6-7-19(20)22-10-16/h2-7,10,12,18,21,24H,8-9,11H2,1H3/t18-/m0/s1. The largest absolute Gasteiger partial charge is 0.387 e. The summed E-state index contributed by atoms with van der Waals surface area (Å²) >= 11 is 7.42. The van der Waals surface area contributed by atoms with Crippen molar-refractivity contribution in [2.75, 3.05) is 13.1 Å². The fraction of sp³-hybridized carbons (Fsp3) is 0.263. The molecule has 3 aromatic rings. The van der Waals surface area contributed by atoms with Gasteiger partial charge in [-0.2, -0.15) is 0 Å². The Morgan fingerprint density at radius 3 is 2.64 bits per heavy atom. The Morgan fingerprint density at radius 1 is 1.20 bits per heavy atom. The molecule has 0 radical (unpaired) electrons. The third-order valence-corrected chi connectivity index (χ3v) is 4.93. The number of aromatic nitrogens is 2. The first kappa shape index (κ1) is 18.0. The molecule has 0 unspecified atom stereocenters. The van der Waals surface area contributed by atoms with E-state index < -0.39 is 6.10 Å². The minimum absolute atomic E-state index is 0.431. The number of thiazole rings is 1. The highest BCUT2D eigenvalue weighted by atomic mass is 35.5. The number of nitrogens with zero attached hydrogens (tertiary/aromatic N) is 2. The van der Waals surface area contributed by atoms with Gasteiger partial charge < -0.3 is 10.4 Å². The molecule has 25 heavy (non-hydrogen) atoms. The predicted molar refractivity (Wildman–Crippen MR) is 103 cm³/mol. The van der Waals surface area contributed by atoms with Crippen molar-refractivity contribution in [3.8, 4) is 11.3 Å². The monoisotopic (exact) mass is 373 g/mol. The molecule has 2 N–H and O–H groups in total. The van der Waals surface area contributed by atoms with E-state index in [0.29, 0.717) is 11.7 Å². The van der Waals surface area contributed by atoms with Gasteiger partial charge in [0.15, 0.2) is 0 Å². The first-order valence-electron chi connectivity index (χ1n) is 8.13. The zero-order chi connectivity index (χ0) is 17.6. The molecule has 1 aromatic carbocycles. The number of benzene rings is 1. The first-order chi connectivity index (χ1) is 12.1. The summed E-state index contributed by atoms with van der Waals surface area (Å²) in [6.45, 7) is 3.30. The van der Waals surface area contributed by atoms with E-state index in [-0.39, 0.29) is 0 Å². The Labute approximate surface area is 156 Å². The molecule has 2 heterocycles. The number of nitrogens with one attached hydrogen (secondary N) is 1. The lowest BCUT2D eigenvalue weighted by molar-refractivity contribution is 0.174. The summed E-state index contributed by atoms with van der Waals surface area (Å²) in [5.74, 6) is 0. The third kappa shape index (κ3) is 5.09. The zero-order valence-corrected chi connectivity index (χ0v) is 15.5. The molecule has 0 spiro atoms. The van der Waals surface area contributed by atoms with Gasteiger partial charge in [0.25, 0.3) is 0 Å². The molecular formula is C19H20ClN3OS. The van der Waals surface area contributed by atoms with Gasteiger partial charge in [-0.05, 0) is 31.5 Å². The van der Waals surface area contributed by atoms with Crippen LogP contribution in [0.4, 0.5) is 0 Å². The van der Waals surface area contributed by atoms with Gasteiger partial charge in [0.05, 0.1) is 16.8 Å². The van der Waals surface area contributed by atoms with Gasteiger partial charge in [0.2, 0.25) is 0 Å². The fourth-order valence-electron chi connectivity index (χ4n) is 2.51. The van der Waals surface area contributed by atoms with E-state index in [1.54, 1.807) is 29.7 Å². The number of aliphatic hydroxyl groups excluding tert-OH is 1. The van der Waals surface area contributed by atoms with Crippen LogP contribution < -0.4 is 5.32 Å². The quantitative estimate of drug-likeness (QED) is 0.485. The molecule has 1 atom stereocenters. The van der Waals surface area contributed by atoms with Crippen LogP contribution in [0, 0.1) is 6.92 Å². The van der Waals surface area contributed by atoms with E-state index in [4.69, 9.17) is 11.6 Å². The summed E-state index contributed by atoms with van der Waals surface area (Å²) < 4.78 is 0. The number of halogens is 1.